The van der Waals surface area contributed by atoms with Crippen molar-refractivity contribution in [2.24, 2.45) is 0 Å². The van der Waals surface area contributed by atoms with Crippen LogP contribution < -0.4 is 5.32 Å². The highest BCUT2D eigenvalue weighted by Crippen LogP contribution is 2.17. The molecule has 128 valence electrons. The predicted molar refractivity (Wildman–Crippen MR) is 82.1 cm³/mol. The Kier molecular flexibility index (Phi) is 4.78. The molecule has 0 aliphatic heterocycles. The highest BCUT2D eigenvalue weighted by atomic mass is 19.2. The molecule has 8 heteroatoms. The van der Waals surface area contributed by atoms with E-state index in [2.05, 4.69) is 15.5 Å². The number of nitrogens with zero attached hydrogens (tertiary/aromatic N) is 2. The standard InChI is InChI=1S/C17H12F3N3O2/c18-12-7-6-11(14(19)15(12)20)16(24)21-9-8-13-22-23-17(25-13)10-4-2-1-3-5-10/h1-7H,8-9H2,(H,21,24). The second-order valence-corrected chi connectivity index (χ2v) is 5.10. The molecule has 0 aliphatic rings. The van der Waals surface area contributed by atoms with E-state index in [0.29, 0.717) is 12.0 Å². The van der Waals surface area contributed by atoms with Crippen molar-refractivity contribution < 1.29 is 22.4 Å². The van der Waals surface area contributed by atoms with Gasteiger partial charge in [-0.3, -0.25) is 4.79 Å². The van der Waals surface area contributed by atoms with Crippen molar-refractivity contribution in [1.82, 2.24) is 15.5 Å². The van der Waals surface area contributed by atoms with Gasteiger partial charge in [0.2, 0.25) is 11.8 Å². The van der Waals surface area contributed by atoms with Gasteiger partial charge < -0.3 is 9.73 Å². The van der Waals surface area contributed by atoms with E-state index in [1.165, 1.54) is 0 Å². The Hall–Kier alpha value is -3.16. The minimum Gasteiger partial charge on any atom is -0.421 e. The lowest BCUT2D eigenvalue weighted by molar-refractivity contribution is 0.0948. The van der Waals surface area contributed by atoms with E-state index < -0.39 is 28.9 Å². The zero-order valence-electron chi connectivity index (χ0n) is 12.8. The molecular weight excluding hydrogens is 335 g/mol. The second kappa shape index (κ2) is 7.16. The smallest absolute Gasteiger partial charge is 0.254 e. The van der Waals surface area contributed by atoms with E-state index in [1.807, 2.05) is 30.3 Å². The van der Waals surface area contributed by atoms with Crippen LogP contribution in [0.2, 0.25) is 0 Å². The molecule has 3 rings (SSSR count). The van der Waals surface area contributed by atoms with Crippen LogP contribution in [0.25, 0.3) is 11.5 Å². The van der Waals surface area contributed by atoms with Crippen molar-refractivity contribution in [2.75, 3.05) is 6.54 Å². The van der Waals surface area contributed by atoms with Gasteiger partial charge in [-0.25, -0.2) is 13.2 Å². The third-order valence-electron chi connectivity index (χ3n) is 3.39. The maximum Gasteiger partial charge on any atom is 0.254 e. The lowest BCUT2D eigenvalue weighted by Gasteiger charge is -2.05. The Morgan fingerprint density at radius 1 is 1.00 bits per heavy atom. The zero-order valence-corrected chi connectivity index (χ0v) is 12.8. The zero-order chi connectivity index (χ0) is 17.8. The summed E-state index contributed by atoms with van der Waals surface area (Å²) in [5.41, 5.74) is 0.184. The Morgan fingerprint density at radius 3 is 2.52 bits per heavy atom. The first-order valence-corrected chi connectivity index (χ1v) is 7.36. The molecule has 1 aromatic heterocycles. The van der Waals surface area contributed by atoms with Gasteiger partial charge in [-0.1, -0.05) is 18.2 Å². The molecule has 0 bridgehead atoms. The number of rotatable bonds is 5. The minimum atomic E-state index is -1.68. The van der Waals surface area contributed by atoms with Gasteiger partial charge in [0.25, 0.3) is 5.91 Å². The van der Waals surface area contributed by atoms with Gasteiger partial charge in [0.05, 0.1) is 5.56 Å². The Bertz CT molecular complexity index is 897. The first kappa shape index (κ1) is 16.7. The van der Waals surface area contributed by atoms with Crippen molar-refractivity contribution in [1.29, 1.82) is 0 Å². The Labute approximate surface area is 140 Å². The summed E-state index contributed by atoms with van der Waals surface area (Å²) in [7, 11) is 0. The summed E-state index contributed by atoms with van der Waals surface area (Å²) in [5.74, 6) is -4.80. The molecule has 5 nitrogen and oxygen atoms in total. The van der Waals surface area contributed by atoms with E-state index >= 15 is 0 Å². The summed E-state index contributed by atoms with van der Waals surface area (Å²) < 4.78 is 45.0. The fraction of sp³-hybridized carbons (Fsp3) is 0.118. The highest BCUT2D eigenvalue weighted by Gasteiger charge is 2.18. The molecule has 0 saturated carbocycles. The summed E-state index contributed by atoms with van der Waals surface area (Å²) in [6, 6.07) is 10.7. The fourth-order valence-corrected chi connectivity index (χ4v) is 2.13. The number of aromatic nitrogens is 2. The van der Waals surface area contributed by atoms with Gasteiger partial charge in [0.15, 0.2) is 17.5 Å². The van der Waals surface area contributed by atoms with E-state index in [9.17, 15) is 18.0 Å². The minimum absolute atomic E-state index is 0.0632. The Morgan fingerprint density at radius 2 is 1.76 bits per heavy atom. The molecule has 0 fully saturated rings. The SMILES string of the molecule is O=C(NCCc1nnc(-c2ccccc2)o1)c1ccc(F)c(F)c1F. The van der Waals surface area contributed by atoms with Crippen LogP contribution in [0.1, 0.15) is 16.2 Å². The van der Waals surface area contributed by atoms with Gasteiger partial charge in [0.1, 0.15) is 0 Å². The van der Waals surface area contributed by atoms with E-state index in [0.717, 1.165) is 11.6 Å². The van der Waals surface area contributed by atoms with E-state index in [-0.39, 0.29) is 18.9 Å². The van der Waals surface area contributed by atoms with Crippen LogP contribution in [0.5, 0.6) is 0 Å². The number of carbonyl (C=O) groups excluding carboxylic acids is 1. The molecule has 1 N–H and O–H groups in total. The van der Waals surface area contributed by atoms with Crippen LogP contribution in [0.15, 0.2) is 46.9 Å². The first-order chi connectivity index (χ1) is 12.1. The number of hydrogen-bond donors (Lipinski definition) is 1. The maximum atomic E-state index is 13.5. The first-order valence-electron chi connectivity index (χ1n) is 7.36. The van der Waals surface area contributed by atoms with Gasteiger partial charge >= 0.3 is 0 Å². The van der Waals surface area contributed by atoms with Crippen LogP contribution in [-0.4, -0.2) is 22.6 Å². The Balaban J connectivity index is 1.59. The monoisotopic (exact) mass is 347 g/mol. The average Bonchev–Trinajstić information content (AvgIpc) is 3.09. The number of amides is 1. The van der Waals surface area contributed by atoms with Gasteiger partial charge in [-0.05, 0) is 24.3 Å². The lowest BCUT2D eigenvalue weighted by Crippen LogP contribution is -2.27. The molecule has 2 aromatic carbocycles. The summed E-state index contributed by atoms with van der Waals surface area (Å²) in [6.07, 6.45) is 0.205. The van der Waals surface area contributed by atoms with Crippen molar-refractivity contribution >= 4 is 5.91 Å². The molecule has 0 radical (unpaired) electrons. The molecule has 1 amide bonds. The van der Waals surface area contributed by atoms with Crippen LogP contribution in [0, 0.1) is 17.5 Å². The van der Waals surface area contributed by atoms with Crippen LogP contribution in [0.4, 0.5) is 13.2 Å². The van der Waals surface area contributed by atoms with Crippen molar-refractivity contribution in [3.8, 4) is 11.5 Å². The van der Waals surface area contributed by atoms with Crippen molar-refractivity contribution in [3.63, 3.8) is 0 Å². The number of nitrogens with one attached hydrogen (secondary N) is 1. The third-order valence-corrected chi connectivity index (χ3v) is 3.39. The molecule has 0 aliphatic carbocycles. The molecule has 0 spiro atoms. The summed E-state index contributed by atoms with van der Waals surface area (Å²) in [4.78, 5) is 11.8. The van der Waals surface area contributed by atoms with Crippen LogP contribution in [-0.2, 0) is 6.42 Å². The third kappa shape index (κ3) is 3.68. The number of carbonyl (C=O) groups is 1. The van der Waals surface area contributed by atoms with Gasteiger partial charge in [-0.15, -0.1) is 10.2 Å². The molecule has 0 atom stereocenters. The quantitative estimate of drug-likeness (QED) is 0.720. The highest BCUT2D eigenvalue weighted by molar-refractivity contribution is 5.94. The maximum absolute atomic E-state index is 13.5. The summed E-state index contributed by atoms with van der Waals surface area (Å²) >= 11 is 0. The van der Waals surface area contributed by atoms with Gasteiger partial charge in [0, 0.05) is 18.5 Å². The van der Waals surface area contributed by atoms with Crippen molar-refractivity contribution in [2.45, 2.75) is 6.42 Å². The normalized spacial score (nSPS) is 10.7. The molecular formula is C17H12F3N3O2. The molecule has 1 heterocycles. The molecule has 3 aromatic rings. The summed E-state index contributed by atoms with van der Waals surface area (Å²) in [5, 5.41) is 10.1. The summed E-state index contributed by atoms with van der Waals surface area (Å²) in [6.45, 7) is 0.0632. The second-order valence-electron chi connectivity index (χ2n) is 5.10. The van der Waals surface area contributed by atoms with E-state index in [1.54, 1.807) is 0 Å². The molecule has 0 saturated heterocycles. The molecule has 25 heavy (non-hydrogen) atoms. The predicted octanol–water partition coefficient (Wildman–Crippen LogP) is 3.13. The largest absolute Gasteiger partial charge is 0.421 e. The number of hydrogen-bond acceptors (Lipinski definition) is 4. The molecule has 0 unspecified atom stereocenters. The van der Waals surface area contributed by atoms with Gasteiger partial charge in [-0.2, -0.15) is 0 Å². The number of benzene rings is 2. The fourth-order valence-electron chi connectivity index (χ4n) is 2.13. The lowest BCUT2D eigenvalue weighted by atomic mass is 10.2. The number of halogens is 3. The van der Waals surface area contributed by atoms with Crippen LogP contribution >= 0.6 is 0 Å². The van der Waals surface area contributed by atoms with Crippen LogP contribution in [0.3, 0.4) is 0 Å². The van der Waals surface area contributed by atoms with E-state index in [4.69, 9.17) is 4.42 Å². The van der Waals surface area contributed by atoms with Crippen molar-refractivity contribution in [3.05, 3.63) is 71.4 Å². The topological polar surface area (TPSA) is 68.0 Å². The average molecular weight is 347 g/mol.